The molecule has 1 heterocycles. The molecule has 0 bridgehead atoms. The van der Waals surface area contributed by atoms with Gasteiger partial charge in [-0.3, -0.25) is 4.79 Å². The predicted molar refractivity (Wildman–Crippen MR) is 106 cm³/mol. The average Bonchev–Trinajstić information content (AvgIpc) is 2.80. The zero-order chi connectivity index (χ0) is 18.8. The highest BCUT2D eigenvalue weighted by molar-refractivity contribution is 6.35. The van der Waals surface area contributed by atoms with E-state index in [-0.39, 0.29) is 11.3 Å². The van der Waals surface area contributed by atoms with Crippen LogP contribution in [0, 0.1) is 13.8 Å². The van der Waals surface area contributed by atoms with E-state index in [0.717, 1.165) is 28.9 Å². The van der Waals surface area contributed by atoms with Gasteiger partial charge in [0.05, 0.1) is 6.54 Å². The molecule has 0 unspecified atom stereocenters. The van der Waals surface area contributed by atoms with Gasteiger partial charge in [-0.05, 0) is 71.3 Å². The van der Waals surface area contributed by atoms with E-state index in [0.29, 0.717) is 23.1 Å². The molecule has 1 aromatic heterocycles. The Kier molecular flexibility index (Phi) is 6.36. The number of Topliss-reactive ketones (excluding diaryl/α,β-unsaturated/α-hetero) is 1. The molecular formula is C20H26Cl2N2O. The summed E-state index contributed by atoms with van der Waals surface area (Å²) in [5.74, 6) is 0.116. The van der Waals surface area contributed by atoms with Gasteiger partial charge < -0.3 is 9.88 Å². The standard InChI is InChI=1S/C20H26Cl2N2O/c1-13-10-17(14(2)24(13)20(3,4)5)19(25)12-23-9-8-15-6-7-16(21)11-18(15)22/h6-7,10-11,23H,8-9,12H2,1-5H3. The van der Waals surface area contributed by atoms with Crippen molar-refractivity contribution in [2.45, 2.75) is 46.6 Å². The maximum Gasteiger partial charge on any atom is 0.178 e. The zero-order valence-electron chi connectivity index (χ0n) is 15.5. The molecule has 136 valence electrons. The van der Waals surface area contributed by atoms with Crippen LogP contribution in [-0.4, -0.2) is 23.4 Å². The van der Waals surface area contributed by atoms with Gasteiger partial charge in [-0.1, -0.05) is 29.3 Å². The summed E-state index contributed by atoms with van der Waals surface area (Å²) in [5.41, 5.74) is 3.92. The van der Waals surface area contributed by atoms with Crippen LogP contribution < -0.4 is 5.32 Å². The molecule has 0 aliphatic rings. The minimum Gasteiger partial charge on any atom is -0.343 e. The maximum absolute atomic E-state index is 12.6. The molecule has 0 aliphatic heterocycles. The van der Waals surface area contributed by atoms with Crippen LogP contribution in [0.2, 0.25) is 10.0 Å². The molecule has 2 rings (SSSR count). The molecule has 1 aromatic carbocycles. The molecule has 25 heavy (non-hydrogen) atoms. The first-order valence-electron chi connectivity index (χ1n) is 8.48. The molecule has 0 fully saturated rings. The minimum atomic E-state index is -0.0363. The van der Waals surface area contributed by atoms with E-state index in [1.165, 1.54) is 0 Å². The Bertz CT molecular complexity index is 773. The van der Waals surface area contributed by atoms with E-state index in [2.05, 4.69) is 30.7 Å². The largest absolute Gasteiger partial charge is 0.343 e. The van der Waals surface area contributed by atoms with E-state index in [1.807, 2.05) is 32.0 Å². The smallest absolute Gasteiger partial charge is 0.178 e. The highest BCUT2D eigenvalue weighted by atomic mass is 35.5. The number of carbonyl (C=O) groups is 1. The lowest BCUT2D eigenvalue weighted by Crippen LogP contribution is -2.27. The third-order valence-electron chi connectivity index (χ3n) is 4.27. The summed E-state index contributed by atoms with van der Waals surface area (Å²) >= 11 is 12.1. The number of hydrogen-bond acceptors (Lipinski definition) is 2. The summed E-state index contributed by atoms with van der Waals surface area (Å²) in [6.07, 6.45) is 0.754. The second-order valence-electron chi connectivity index (χ2n) is 7.38. The topological polar surface area (TPSA) is 34.0 Å². The molecule has 0 atom stereocenters. The quantitative estimate of drug-likeness (QED) is 0.553. The van der Waals surface area contributed by atoms with Gasteiger partial charge in [0.25, 0.3) is 0 Å². The van der Waals surface area contributed by atoms with Gasteiger partial charge in [0.15, 0.2) is 5.78 Å². The lowest BCUT2D eigenvalue weighted by molar-refractivity contribution is 0.0990. The Labute approximate surface area is 160 Å². The first-order chi connectivity index (χ1) is 11.6. The number of rotatable bonds is 6. The van der Waals surface area contributed by atoms with E-state index in [1.54, 1.807) is 6.07 Å². The predicted octanol–water partition coefficient (Wildman–Crippen LogP) is 5.18. The van der Waals surface area contributed by atoms with E-state index < -0.39 is 0 Å². The number of nitrogens with zero attached hydrogens (tertiary/aromatic N) is 1. The van der Waals surface area contributed by atoms with Crippen LogP contribution in [0.15, 0.2) is 24.3 Å². The summed E-state index contributed by atoms with van der Waals surface area (Å²) in [6.45, 7) is 11.5. The molecule has 0 radical (unpaired) electrons. The van der Waals surface area contributed by atoms with Gasteiger partial charge in [0.2, 0.25) is 0 Å². The Morgan fingerprint density at radius 1 is 1.16 bits per heavy atom. The monoisotopic (exact) mass is 380 g/mol. The molecule has 5 heteroatoms. The maximum atomic E-state index is 12.6. The Morgan fingerprint density at radius 2 is 1.84 bits per heavy atom. The van der Waals surface area contributed by atoms with Gasteiger partial charge in [-0.25, -0.2) is 0 Å². The van der Waals surface area contributed by atoms with Gasteiger partial charge in [-0.15, -0.1) is 0 Å². The van der Waals surface area contributed by atoms with Gasteiger partial charge in [-0.2, -0.15) is 0 Å². The number of aromatic nitrogens is 1. The molecular weight excluding hydrogens is 355 g/mol. The van der Waals surface area contributed by atoms with Crippen LogP contribution in [0.1, 0.15) is 48.1 Å². The summed E-state index contributed by atoms with van der Waals surface area (Å²) in [4.78, 5) is 12.6. The lowest BCUT2D eigenvalue weighted by Gasteiger charge is -2.25. The van der Waals surface area contributed by atoms with Crippen LogP contribution in [0.5, 0.6) is 0 Å². The summed E-state index contributed by atoms with van der Waals surface area (Å²) in [7, 11) is 0. The van der Waals surface area contributed by atoms with Gasteiger partial charge in [0, 0.05) is 32.5 Å². The van der Waals surface area contributed by atoms with Crippen LogP contribution in [0.25, 0.3) is 0 Å². The zero-order valence-corrected chi connectivity index (χ0v) is 17.1. The van der Waals surface area contributed by atoms with Crippen molar-refractivity contribution in [3.8, 4) is 0 Å². The molecule has 0 aliphatic carbocycles. The molecule has 0 saturated heterocycles. The van der Waals surface area contributed by atoms with Crippen LogP contribution >= 0.6 is 23.2 Å². The molecule has 0 spiro atoms. The van der Waals surface area contributed by atoms with Crippen molar-refractivity contribution in [3.05, 3.63) is 56.8 Å². The summed E-state index contributed by atoms with van der Waals surface area (Å²) in [6, 6.07) is 7.48. The van der Waals surface area contributed by atoms with Gasteiger partial charge in [0.1, 0.15) is 0 Å². The van der Waals surface area contributed by atoms with Crippen molar-refractivity contribution in [2.75, 3.05) is 13.1 Å². The number of carbonyl (C=O) groups excluding carboxylic acids is 1. The molecule has 1 N–H and O–H groups in total. The van der Waals surface area contributed by atoms with Gasteiger partial charge >= 0.3 is 0 Å². The van der Waals surface area contributed by atoms with E-state index in [9.17, 15) is 4.79 Å². The normalized spacial score (nSPS) is 11.8. The van der Waals surface area contributed by atoms with Crippen LogP contribution in [0.3, 0.4) is 0 Å². The molecule has 0 saturated carbocycles. The summed E-state index contributed by atoms with van der Waals surface area (Å²) < 4.78 is 2.22. The van der Waals surface area contributed by atoms with E-state index >= 15 is 0 Å². The second-order valence-corrected chi connectivity index (χ2v) is 8.22. The van der Waals surface area contributed by atoms with Crippen LogP contribution in [0.4, 0.5) is 0 Å². The van der Waals surface area contributed by atoms with E-state index in [4.69, 9.17) is 23.2 Å². The average molecular weight is 381 g/mol. The Morgan fingerprint density at radius 3 is 2.40 bits per heavy atom. The van der Waals surface area contributed by atoms with Crippen molar-refractivity contribution < 1.29 is 4.79 Å². The fraction of sp³-hybridized carbons (Fsp3) is 0.450. The Balaban J connectivity index is 1.95. The lowest BCUT2D eigenvalue weighted by atomic mass is 10.1. The molecule has 0 amide bonds. The number of hydrogen-bond donors (Lipinski definition) is 1. The Hall–Kier alpha value is -1.29. The SMILES string of the molecule is Cc1cc(C(=O)CNCCc2ccc(Cl)cc2Cl)c(C)n1C(C)(C)C. The number of ketones is 1. The number of nitrogens with one attached hydrogen (secondary N) is 1. The third kappa shape index (κ3) is 4.87. The summed E-state index contributed by atoms with van der Waals surface area (Å²) in [5, 5.41) is 4.51. The highest BCUT2D eigenvalue weighted by Gasteiger charge is 2.22. The fourth-order valence-electron chi connectivity index (χ4n) is 3.32. The van der Waals surface area contributed by atoms with Crippen molar-refractivity contribution in [1.29, 1.82) is 0 Å². The number of aryl methyl sites for hydroxylation is 1. The third-order valence-corrected chi connectivity index (χ3v) is 4.86. The minimum absolute atomic E-state index is 0.0363. The first-order valence-corrected chi connectivity index (χ1v) is 9.24. The molecule has 3 nitrogen and oxygen atoms in total. The van der Waals surface area contributed by atoms with Crippen molar-refractivity contribution >= 4 is 29.0 Å². The number of halogens is 2. The first kappa shape index (κ1) is 20.0. The fourth-order valence-corrected chi connectivity index (χ4v) is 3.82. The molecule has 2 aromatic rings. The van der Waals surface area contributed by atoms with Crippen molar-refractivity contribution in [2.24, 2.45) is 0 Å². The number of benzene rings is 1. The highest BCUT2D eigenvalue weighted by Crippen LogP contribution is 2.24. The second kappa shape index (κ2) is 7.94. The van der Waals surface area contributed by atoms with Crippen molar-refractivity contribution in [1.82, 2.24) is 9.88 Å². The van der Waals surface area contributed by atoms with Crippen LogP contribution in [-0.2, 0) is 12.0 Å². The van der Waals surface area contributed by atoms with Crippen molar-refractivity contribution in [3.63, 3.8) is 0 Å².